The van der Waals surface area contributed by atoms with Gasteiger partial charge in [-0.15, -0.1) is 0 Å². The van der Waals surface area contributed by atoms with Crippen LogP contribution in [0.25, 0.3) is 11.0 Å². The zero-order valence-corrected chi connectivity index (χ0v) is 9.95. The third-order valence-electron chi connectivity index (χ3n) is 1.98. The lowest BCUT2D eigenvalue weighted by atomic mass is 10.2. The topological polar surface area (TPSA) is 28.7 Å². The summed E-state index contributed by atoms with van der Waals surface area (Å²) < 4.78 is 0. The fourth-order valence-electron chi connectivity index (χ4n) is 1.32. The third-order valence-corrected chi connectivity index (χ3v) is 3.23. The Bertz CT molecular complexity index is 504. The monoisotopic (exact) mass is 238 g/mol. The molecular formula is C11H11ClN2S. The number of H-pyrrole nitrogens is 1. The molecule has 0 aliphatic rings. The Labute approximate surface area is 97.7 Å². The lowest BCUT2D eigenvalue weighted by Crippen LogP contribution is -1.78. The number of benzene rings is 1. The molecule has 1 aromatic carbocycles. The Morgan fingerprint density at radius 2 is 2.40 bits per heavy atom. The molecule has 0 radical (unpaired) electrons. The van der Waals surface area contributed by atoms with Gasteiger partial charge >= 0.3 is 0 Å². The predicted molar refractivity (Wildman–Crippen MR) is 66.5 cm³/mol. The maximum Gasteiger partial charge on any atom is 0.166 e. The number of aromatic nitrogens is 2. The number of aryl methyl sites for hydroxylation is 1. The Balaban J connectivity index is 2.27. The second-order valence-electron chi connectivity index (χ2n) is 3.37. The Kier molecular flexibility index (Phi) is 3.03. The molecule has 1 aromatic heterocycles. The normalized spacial score (nSPS) is 10.8. The molecule has 2 nitrogen and oxygen atoms in total. The maximum atomic E-state index is 5.69. The van der Waals surface area contributed by atoms with Gasteiger partial charge in [-0.2, -0.15) is 0 Å². The van der Waals surface area contributed by atoms with Crippen LogP contribution < -0.4 is 0 Å². The van der Waals surface area contributed by atoms with Crippen molar-refractivity contribution in [1.29, 1.82) is 0 Å². The van der Waals surface area contributed by atoms with E-state index in [1.165, 1.54) is 5.56 Å². The second kappa shape index (κ2) is 4.29. The van der Waals surface area contributed by atoms with E-state index in [0.717, 1.165) is 16.2 Å². The molecular weight excluding hydrogens is 228 g/mol. The molecule has 15 heavy (non-hydrogen) atoms. The van der Waals surface area contributed by atoms with Gasteiger partial charge in [0.2, 0.25) is 0 Å². The predicted octanol–water partition coefficient (Wildman–Crippen LogP) is 3.72. The number of aromatic amines is 1. The third kappa shape index (κ3) is 2.55. The van der Waals surface area contributed by atoms with Gasteiger partial charge in [0.15, 0.2) is 5.16 Å². The van der Waals surface area contributed by atoms with E-state index in [4.69, 9.17) is 11.6 Å². The number of thioether (sulfide) groups is 1. The summed E-state index contributed by atoms with van der Waals surface area (Å²) in [6.45, 7) is 5.70. The smallest absolute Gasteiger partial charge is 0.166 e. The molecule has 1 N–H and O–H groups in total. The minimum Gasteiger partial charge on any atom is -0.333 e. The van der Waals surface area contributed by atoms with Gasteiger partial charge in [0, 0.05) is 10.8 Å². The van der Waals surface area contributed by atoms with E-state index in [1.807, 2.05) is 6.07 Å². The summed E-state index contributed by atoms with van der Waals surface area (Å²) in [6, 6.07) is 6.15. The van der Waals surface area contributed by atoms with E-state index in [1.54, 1.807) is 11.8 Å². The van der Waals surface area contributed by atoms with Crippen molar-refractivity contribution in [2.45, 2.75) is 12.1 Å². The summed E-state index contributed by atoms with van der Waals surface area (Å²) in [5, 5.41) is 1.52. The first kappa shape index (κ1) is 10.6. The van der Waals surface area contributed by atoms with Gasteiger partial charge in [0.1, 0.15) is 0 Å². The number of nitrogens with zero attached hydrogens (tertiary/aromatic N) is 1. The molecule has 0 spiro atoms. The zero-order chi connectivity index (χ0) is 10.8. The van der Waals surface area contributed by atoms with Gasteiger partial charge in [-0.05, 0) is 24.6 Å². The van der Waals surface area contributed by atoms with Crippen LogP contribution in [0.2, 0.25) is 0 Å². The second-order valence-corrected chi connectivity index (χ2v) is 4.87. The number of hydrogen-bond acceptors (Lipinski definition) is 2. The number of hydrogen-bond donors (Lipinski definition) is 1. The number of imidazole rings is 1. The molecule has 0 saturated carbocycles. The van der Waals surface area contributed by atoms with Crippen molar-refractivity contribution in [2.75, 3.05) is 5.75 Å². The van der Waals surface area contributed by atoms with Crippen LogP contribution in [-0.4, -0.2) is 15.7 Å². The van der Waals surface area contributed by atoms with E-state index in [2.05, 4.69) is 35.6 Å². The molecule has 1 heterocycles. The molecule has 78 valence electrons. The first-order valence-electron chi connectivity index (χ1n) is 4.57. The van der Waals surface area contributed by atoms with Crippen molar-refractivity contribution in [3.05, 3.63) is 35.4 Å². The van der Waals surface area contributed by atoms with Crippen molar-refractivity contribution in [3.63, 3.8) is 0 Å². The summed E-state index contributed by atoms with van der Waals surface area (Å²) in [6.07, 6.45) is 0. The van der Waals surface area contributed by atoms with Crippen molar-refractivity contribution < 1.29 is 0 Å². The molecule has 2 aromatic rings. The first-order chi connectivity index (χ1) is 7.15. The average molecular weight is 239 g/mol. The summed E-state index contributed by atoms with van der Waals surface area (Å²) in [5.74, 6) is 0.681. The van der Waals surface area contributed by atoms with E-state index < -0.39 is 0 Å². The Hall–Kier alpha value is -0.930. The van der Waals surface area contributed by atoms with Crippen LogP contribution in [0, 0.1) is 6.92 Å². The quantitative estimate of drug-likeness (QED) is 0.826. The molecule has 0 atom stereocenters. The highest BCUT2D eigenvalue weighted by Gasteiger charge is 2.03. The van der Waals surface area contributed by atoms with Gasteiger partial charge in [0.25, 0.3) is 0 Å². The molecule has 0 saturated heterocycles. The minimum absolute atomic E-state index is 0.636. The van der Waals surface area contributed by atoms with Gasteiger partial charge < -0.3 is 4.98 Å². The molecule has 0 fully saturated rings. The van der Waals surface area contributed by atoms with Crippen LogP contribution in [0.4, 0.5) is 0 Å². The van der Waals surface area contributed by atoms with E-state index in [-0.39, 0.29) is 0 Å². The number of nitrogens with one attached hydrogen (secondary N) is 1. The molecule has 0 bridgehead atoms. The number of fused-ring (bicyclic) bond motifs is 1. The van der Waals surface area contributed by atoms with Crippen LogP contribution in [0.3, 0.4) is 0 Å². The summed E-state index contributed by atoms with van der Waals surface area (Å²) in [4.78, 5) is 7.68. The standard InChI is InChI=1S/C11H11ClN2S/c1-7-3-4-9-10(5-7)14-11(13-9)15-6-8(2)12/h3-5H,2,6H2,1H3,(H,13,14). The van der Waals surface area contributed by atoms with Crippen molar-refractivity contribution in [3.8, 4) is 0 Å². The summed E-state index contributed by atoms with van der Waals surface area (Å²) in [7, 11) is 0. The van der Waals surface area contributed by atoms with Crippen molar-refractivity contribution in [1.82, 2.24) is 9.97 Å². The van der Waals surface area contributed by atoms with E-state index in [0.29, 0.717) is 10.8 Å². The fraction of sp³-hybridized carbons (Fsp3) is 0.182. The van der Waals surface area contributed by atoms with Crippen LogP contribution >= 0.6 is 23.4 Å². The number of rotatable bonds is 3. The van der Waals surface area contributed by atoms with E-state index in [9.17, 15) is 0 Å². The molecule has 0 aliphatic heterocycles. The summed E-state index contributed by atoms with van der Waals surface area (Å²) in [5.41, 5.74) is 3.28. The SMILES string of the molecule is C=C(Cl)CSc1nc2ccc(C)cc2[nH]1. The van der Waals surface area contributed by atoms with Crippen LogP contribution in [0.1, 0.15) is 5.56 Å². The highest BCUT2D eigenvalue weighted by molar-refractivity contribution is 7.99. The van der Waals surface area contributed by atoms with Gasteiger partial charge in [-0.3, -0.25) is 0 Å². The van der Waals surface area contributed by atoms with Crippen molar-refractivity contribution >= 4 is 34.4 Å². The van der Waals surface area contributed by atoms with Crippen molar-refractivity contribution in [2.24, 2.45) is 0 Å². The molecule has 0 aliphatic carbocycles. The Morgan fingerprint density at radius 3 is 3.13 bits per heavy atom. The highest BCUT2D eigenvalue weighted by atomic mass is 35.5. The fourth-order valence-corrected chi connectivity index (χ4v) is 2.12. The lowest BCUT2D eigenvalue weighted by molar-refractivity contribution is 1.08. The first-order valence-corrected chi connectivity index (χ1v) is 5.94. The van der Waals surface area contributed by atoms with Gasteiger partial charge in [0.05, 0.1) is 11.0 Å². The summed E-state index contributed by atoms with van der Waals surface area (Å²) >= 11 is 7.26. The highest BCUT2D eigenvalue weighted by Crippen LogP contribution is 2.22. The van der Waals surface area contributed by atoms with Crippen LogP contribution in [-0.2, 0) is 0 Å². The Morgan fingerprint density at radius 1 is 1.60 bits per heavy atom. The lowest BCUT2D eigenvalue weighted by Gasteiger charge is -1.92. The van der Waals surface area contributed by atoms with Gasteiger partial charge in [-0.25, -0.2) is 4.98 Å². The largest absolute Gasteiger partial charge is 0.333 e. The average Bonchev–Trinajstić information content (AvgIpc) is 2.56. The van der Waals surface area contributed by atoms with E-state index >= 15 is 0 Å². The molecule has 0 amide bonds. The maximum absolute atomic E-state index is 5.69. The minimum atomic E-state index is 0.636. The van der Waals surface area contributed by atoms with Gasteiger partial charge in [-0.1, -0.05) is 36.0 Å². The molecule has 2 rings (SSSR count). The zero-order valence-electron chi connectivity index (χ0n) is 8.38. The molecule has 0 unspecified atom stereocenters. The molecule has 4 heteroatoms. The van der Waals surface area contributed by atoms with Crippen LogP contribution in [0.15, 0.2) is 35.0 Å². The van der Waals surface area contributed by atoms with Crippen LogP contribution in [0.5, 0.6) is 0 Å². The number of halogens is 1.